The Kier molecular flexibility index (Phi) is 6.16. The fraction of sp³-hybridized carbons (Fsp3) is 0.208. The van der Waals surface area contributed by atoms with Gasteiger partial charge >= 0.3 is 0 Å². The second-order valence-corrected chi connectivity index (χ2v) is 9.25. The van der Waals surface area contributed by atoms with Gasteiger partial charge in [0.2, 0.25) is 10.0 Å². The van der Waals surface area contributed by atoms with Crippen molar-refractivity contribution in [2.45, 2.75) is 25.3 Å². The van der Waals surface area contributed by atoms with Gasteiger partial charge in [-0.15, -0.1) is 0 Å². The lowest BCUT2D eigenvalue weighted by atomic mass is 10.1. The van der Waals surface area contributed by atoms with E-state index in [1.54, 1.807) is 26.0 Å². The zero-order chi connectivity index (χ0) is 22.7. The van der Waals surface area contributed by atoms with Crippen LogP contribution in [0.1, 0.15) is 35.3 Å². The summed E-state index contributed by atoms with van der Waals surface area (Å²) in [6.45, 7) is 4.88. The zero-order valence-corrected chi connectivity index (χ0v) is 18.8. The van der Waals surface area contributed by atoms with E-state index in [4.69, 9.17) is 0 Å². The minimum absolute atomic E-state index is 0.0753. The van der Waals surface area contributed by atoms with E-state index in [1.807, 2.05) is 53.6 Å². The lowest BCUT2D eigenvalue weighted by Crippen LogP contribution is -2.30. The Labute approximate surface area is 188 Å². The molecule has 1 amide bonds. The molecule has 2 aliphatic rings. The number of rotatable bonds is 5. The molecule has 2 aliphatic heterocycles. The van der Waals surface area contributed by atoms with Crippen LogP contribution >= 0.6 is 0 Å². The maximum Gasteiger partial charge on any atom is 0.279 e. The summed E-state index contributed by atoms with van der Waals surface area (Å²) in [6, 6.07) is 13.7. The van der Waals surface area contributed by atoms with Gasteiger partial charge in [-0.1, -0.05) is 50.3 Å². The predicted octanol–water partition coefficient (Wildman–Crippen LogP) is 3.60. The number of amides is 1. The smallest absolute Gasteiger partial charge is 0.279 e. The highest BCUT2D eigenvalue weighted by atomic mass is 32.2. The van der Waals surface area contributed by atoms with Gasteiger partial charge in [-0.25, -0.2) is 13.4 Å². The van der Waals surface area contributed by atoms with Crippen molar-refractivity contribution in [1.82, 2.24) is 9.21 Å². The summed E-state index contributed by atoms with van der Waals surface area (Å²) in [4.78, 5) is 24.1. The average molecular weight is 449 g/mol. The van der Waals surface area contributed by atoms with Crippen LogP contribution in [0.15, 0.2) is 87.8 Å². The summed E-state index contributed by atoms with van der Waals surface area (Å²) < 4.78 is 27.1. The minimum atomic E-state index is -3.68. The molecule has 0 atom stereocenters. The first kappa shape index (κ1) is 21.9. The molecule has 0 saturated carbocycles. The molecule has 0 unspecified atom stereocenters. The van der Waals surface area contributed by atoms with Crippen molar-refractivity contribution in [2.24, 2.45) is 9.98 Å². The number of benzene rings is 2. The Bertz CT molecular complexity index is 1270. The van der Waals surface area contributed by atoms with Crippen molar-refractivity contribution in [3.8, 4) is 0 Å². The van der Waals surface area contributed by atoms with Crippen LogP contribution in [0.2, 0.25) is 0 Å². The molecule has 8 heteroatoms. The third-order valence-electron chi connectivity index (χ3n) is 5.37. The molecular formula is C24H24N4O3S. The summed E-state index contributed by atoms with van der Waals surface area (Å²) in [5, 5.41) is 0. The summed E-state index contributed by atoms with van der Waals surface area (Å²) in [6.07, 6.45) is 7.61. The molecule has 32 heavy (non-hydrogen) atoms. The van der Waals surface area contributed by atoms with E-state index in [1.165, 1.54) is 16.4 Å². The van der Waals surface area contributed by atoms with Crippen LogP contribution in [0.3, 0.4) is 0 Å². The van der Waals surface area contributed by atoms with Crippen LogP contribution in [0.5, 0.6) is 0 Å². The van der Waals surface area contributed by atoms with Crippen LogP contribution in [-0.2, 0) is 16.6 Å². The normalized spacial score (nSPS) is 16.5. The number of hydrogen-bond acceptors (Lipinski definition) is 4. The molecule has 2 heterocycles. The van der Waals surface area contributed by atoms with Crippen molar-refractivity contribution in [2.75, 3.05) is 13.1 Å². The SMILES string of the molecule is CCN(CC)S(=O)(=O)c1cccc(C(=O)N=C2N=C3C=CC=CN3Cc3ccccc32)c1. The maximum atomic E-state index is 13.1. The van der Waals surface area contributed by atoms with Gasteiger partial charge < -0.3 is 4.90 Å². The highest BCUT2D eigenvalue weighted by Crippen LogP contribution is 2.22. The van der Waals surface area contributed by atoms with Gasteiger partial charge in [-0.2, -0.15) is 9.30 Å². The quantitative estimate of drug-likeness (QED) is 0.700. The molecule has 0 aliphatic carbocycles. The molecule has 7 nitrogen and oxygen atoms in total. The molecule has 0 radical (unpaired) electrons. The monoisotopic (exact) mass is 448 g/mol. The lowest BCUT2D eigenvalue weighted by Gasteiger charge is -2.20. The molecule has 164 valence electrons. The number of aliphatic imine (C=N–C) groups is 2. The predicted molar refractivity (Wildman–Crippen MR) is 125 cm³/mol. The molecule has 0 fully saturated rings. The molecule has 4 rings (SSSR count). The van der Waals surface area contributed by atoms with Gasteiger partial charge in [0.1, 0.15) is 5.84 Å². The van der Waals surface area contributed by atoms with Crippen LogP contribution in [0.25, 0.3) is 0 Å². The van der Waals surface area contributed by atoms with Crippen LogP contribution in [0.4, 0.5) is 0 Å². The van der Waals surface area contributed by atoms with Gasteiger partial charge in [0.05, 0.1) is 4.90 Å². The van der Waals surface area contributed by atoms with E-state index in [9.17, 15) is 13.2 Å². The topological polar surface area (TPSA) is 82.4 Å². The second kappa shape index (κ2) is 9.02. The summed E-state index contributed by atoms with van der Waals surface area (Å²) in [5.41, 5.74) is 1.97. The van der Waals surface area contributed by atoms with Crippen molar-refractivity contribution in [3.05, 3.63) is 89.6 Å². The Morgan fingerprint density at radius 2 is 1.88 bits per heavy atom. The number of sulfonamides is 1. The molecule has 0 spiro atoms. The summed E-state index contributed by atoms with van der Waals surface area (Å²) in [7, 11) is -3.68. The largest absolute Gasteiger partial charge is 0.329 e. The second-order valence-electron chi connectivity index (χ2n) is 7.31. The molecule has 0 N–H and O–H groups in total. The van der Waals surface area contributed by atoms with Crippen molar-refractivity contribution in [1.29, 1.82) is 0 Å². The average Bonchev–Trinajstić information content (AvgIpc) is 2.96. The first-order chi connectivity index (χ1) is 15.4. The van der Waals surface area contributed by atoms with Gasteiger partial charge in [0, 0.05) is 37.0 Å². The van der Waals surface area contributed by atoms with Crippen molar-refractivity contribution in [3.63, 3.8) is 0 Å². The molecular weight excluding hydrogens is 424 g/mol. The molecule has 2 aromatic carbocycles. The van der Waals surface area contributed by atoms with E-state index in [0.717, 1.165) is 11.1 Å². The maximum absolute atomic E-state index is 13.1. The standard InChI is InChI=1S/C24H24N4O3S/c1-3-28(4-2)32(30,31)20-12-9-11-18(16-20)24(29)26-23-21-13-6-5-10-19(21)17-27-15-8-7-14-22(27)25-23/h5-16H,3-4,17H2,1-2H3. The highest BCUT2D eigenvalue weighted by molar-refractivity contribution is 7.89. The molecule has 0 aromatic heterocycles. The molecule has 0 saturated heterocycles. The van der Waals surface area contributed by atoms with Crippen LogP contribution < -0.4 is 0 Å². The Morgan fingerprint density at radius 1 is 1.09 bits per heavy atom. The fourth-order valence-electron chi connectivity index (χ4n) is 3.68. The van der Waals surface area contributed by atoms with E-state index >= 15 is 0 Å². The van der Waals surface area contributed by atoms with Gasteiger partial charge in [-0.3, -0.25) is 4.79 Å². The Balaban J connectivity index is 1.75. The zero-order valence-electron chi connectivity index (χ0n) is 18.0. The van der Waals surface area contributed by atoms with Crippen molar-refractivity contribution < 1.29 is 13.2 Å². The van der Waals surface area contributed by atoms with E-state index in [2.05, 4.69) is 9.98 Å². The first-order valence-electron chi connectivity index (χ1n) is 10.5. The third-order valence-corrected chi connectivity index (χ3v) is 7.41. The summed E-state index contributed by atoms with van der Waals surface area (Å²) >= 11 is 0. The highest BCUT2D eigenvalue weighted by Gasteiger charge is 2.24. The third kappa shape index (κ3) is 4.19. The van der Waals surface area contributed by atoms with E-state index < -0.39 is 15.9 Å². The number of hydrogen-bond donors (Lipinski definition) is 0. The van der Waals surface area contributed by atoms with E-state index in [-0.39, 0.29) is 10.5 Å². The molecule has 2 aromatic rings. The number of nitrogens with zero attached hydrogens (tertiary/aromatic N) is 4. The number of fused-ring (bicyclic) bond motifs is 2. The summed E-state index contributed by atoms with van der Waals surface area (Å²) in [5.74, 6) is 0.452. The Morgan fingerprint density at radius 3 is 2.66 bits per heavy atom. The Hall–Kier alpha value is -3.36. The van der Waals surface area contributed by atoms with Crippen molar-refractivity contribution >= 4 is 27.6 Å². The van der Waals surface area contributed by atoms with E-state index in [0.29, 0.717) is 31.3 Å². The number of allylic oxidation sites excluding steroid dienone is 2. The lowest BCUT2D eigenvalue weighted by molar-refractivity contribution is 0.100. The number of carbonyl (C=O) groups is 1. The van der Waals surface area contributed by atoms with Crippen LogP contribution in [0, 0.1) is 0 Å². The van der Waals surface area contributed by atoms with Gasteiger partial charge in [-0.05, 0) is 35.9 Å². The number of carbonyl (C=O) groups excluding carboxylic acids is 1. The van der Waals surface area contributed by atoms with Gasteiger partial charge in [0.25, 0.3) is 5.91 Å². The first-order valence-corrected chi connectivity index (χ1v) is 11.9. The minimum Gasteiger partial charge on any atom is -0.329 e. The van der Waals surface area contributed by atoms with Gasteiger partial charge in [0.15, 0.2) is 5.84 Å². The molecule has 0 bridgehead atoms. The van der Waals surface area contributed by atoms with Crippen LogP contribution in [-0.4, -0.2) is 48.3 Å². The fourth-order valence-corrected chi connectivity index (χ4v) is 5.18. The number of amidine groups is 2.